The molecule has 1 aliphatic heterocycles. The highest BCUT2D eigenvalue weighted by atomic mass is 19.1. The fourth-order valence-electron chi connectivity index (χ4n) is 2.43. The van der Waals surface area contributed by atoms with Gasteiger partial charge in [-0.2, -0.15) is 0 Å². The highest BCUT2D eigenvalue weighted by Gasteiger charge is 2.18. The maximum atomic E-state index is 14.4. The van der Waals surface area contributed by atoms with Gasteiger partial charge in [-0.25, -0.2) is 9.37 Å². The number of halogens is 1. The largest absolute Gasteiger partial charge is 0.354 e. The lowest BCUT2D eigenvalue weighted by Crippen LogP contribution is -2.31. The third kappa shape index (κ3) is 3.90. The molecule has 1 aliphatic rings. The van der Waals surface area contributed by atoms with Crippen LogP contribution in [0, 0.1) is 11.7 Å². The first-order valence-electron chi connectivity index (χ1n) is 7.27. The van der Waals surface area contributed by atoms with E-state index in [1.807, 2.05) is 0 Å². The van der Waals surface area contributed by atoms with E-state index in [1.54, 1.807) is 12.3 Å². The SMILES string of the molecule is CC(C)CNCc1ccnc(N2CCCCC2)c1F. The second-order valence-corrected chi connectivity index (χ2v) is 5.68. The molecule has 0 unspecified atom stereocenters. The summed E-state index contributed by atoms with van der Waals surface area (Å²) in [5.74, 6) is 0.954. The van der Waals surface area contributed by atoms with Crippen molar-refractivity contribution < 1.29 is 4.39 Å². The first-order chi connectivity index (χ1) is 9.18. The minimum Gasteiger partial charge on any atom is -0.354 e. The molecule has 2 rings (SSSR count). The molecule has 3 nitrogen and oxygen atoms in total. The van der Waals surface area contributed by atoms with Gasteiger partial charge in [-0.1, -0.05) is 13.8 Å². The summed E-state index contributed by atoms with van der Waals surface area (Å²) in [4.78, 5) is 6.30. The molecule has 0 spiro atoms. The minimum atomic E-state index is -0.152. The van der Waals surface area contributed by atoms with Gasteiger partial charge in [-0.3, -0.25) is 0 Å². The topological polar surface area (TPSA) is 28.2 Å². The van der Waals surface area contributed by atoms with E-state index in [0.717, 1.165) is 38.0 Å². The number of rotatable bonds is 5. The molecule has 0 saturated carbocycles. The van der Waals surface area contributed by atoms with Crippen molar-refractivity contribution in [3.05, 3.63) is 23.6 Å². The quantitative estimate of drug-likeness (QED) is 0.887. The van der Waals surface area contributed by atoms with Crippen molar-refractivity contribution in [2.45, 2.75) is 39.7 Å². The van der Waals surface area contributed by atoms with Gasteiger partial charge in [0.05, 0.1) is 0 Å². The van der Waals surface area contributed by atoms with E-state index < -0.39 is 0 Å². The summed E-state index contributed by atoms with van der Waals surface area (Å²) in [5, 5.41) is 3.29. The van der Waals surface area contributed by atoms with Gasteiger partial charge in [0.2, 0.25) is 0 Å². The number of anilines is 1. The van der Waals surface area contributed by atoms with Crippen molar-refractivity contribution >= 4 is 5.82 Å². The van der Waals surface area contributed by atoms with Crippen molar-refractivity contribution in [3.8, 4) is 0 Å². The zero-order valence-corrected chi connectivity index (χ0v) is 12.0. The summed E-state index contributed by atoms with van der Waals surface area (Å²) < 4.78 is 14.4. The summed E-state index contributed by atoms with van der Waals surface area (Å²) in [7, 11) is 0. The van der Waals surface area contributed by atoms with Crippen molar-refractivity contribution in [3.63, 3.8) is 0 Å². The Kier molecular flexibility index (Phi) is 5.14. The summed E-state index contributed by atoms with van der Waals surface area (Å²) in [6.45, 7) is 7.62. The molecule has 1 aromatic rings. The van der Waals surface area contributed by atoms with E-state index in [4.69, 9.17) is 0 Å². The summed E-state index contributed by atoms with van der Waals surface area (Å²) in [6.07, 6.45) is 5.24. The van der Waals surface area contributed by atoms with Crippen LogP contribution >= 0.6 is 0 Å². The van der Waals surface area contributed by atoms with Crippen LogP contribution in [0.1, 0.15) is 38.7 Å². The molecule has 2 heterocycles. The molecule has 0 bridgehead atoms. The normalized spacial score (nSPS) is 16.1. The number of nitrogens with one attached hydrogen (secondary N) is 1. The zero-order chi connectivity index (χ0) is 13.7. The number of hydrogen-bond acceptors (Lipinski definition) is 3. The summed E-state index contributed by atoms with van der Waals surface area (Å²) >= 11 is 0. The molecule has 1 fully saturated rings. The van der Waals surface area contributed by atoms with E-state index in [0.29, 0.717) is 18.3 Å². The average Bonchev–Trinajstić information content (AvgIpc) is 2.41. The average molecular weight is 265 g/mol. The van der Waals surface area contributed by atoms with Gasteiger partial charge in [0.25, 0.3) is 0 Å². The van der Waals surface area contributed by atoms with Gasteiger partial charge in [0.1, 0.15) is 0 Å². The van der Waals surface area contributed by atoms with Crippen LogP contribution in [0.15, 0.2) is 12.3 Å². The smallest absolute Gasteiger partial charge is 0.170 e. The Hall–Kier alpha value is -1.16. The van der Waals surface area contributed by atoms with Crippen LogP contribution in [0.3, 0.4) is 0 Å². The maximum Gasteiger partial charge on any atom is 0.170 e. The fourth-order valence-corrected chi connectivity index (χ4v) is 2.43. The lowest BCUT2D eigenvalue weighted by molar-refractivity contribution is 0.522. The molecule has 19 heavy (non-hydrogen) atoms. The Bertz CT molecular complexity index is 400. The first-order valence-corrected chi connectivity index (χ1v) is 7.27. The van der Waals surface area contributed by atoms with Gasteiger partial charge >= 0.3 is 0 Å². The molecule has 0 atom stereocenters. The molecule has 106 valence electrons. The van der Waals surface area contributed by atoms with Crippen LogP contribution in [0.5, 0.6) is 0 Å². The minimum absolute atomic E-state index is 0.152. The van der Waals surface area contributed by atoms with Crippen molar-refractivity contribution in [1.29, 1.82) is 0 Å². The van der Waals surface area contributed by atoms with Crippen molar-refractivity contribution in [1.82, 2.24) is 10.3 Å². The predicted octanol–water partition coefficient (Wildman–Crippen LogP) is 2.96. The lowest BCUT2D eigenvalue weighted by atomic mass is 10.1. The molecular weight excluding hydrogens is 241 g/mol. The highest BCUT2D eigenvalue weighted by molar-refractivity contribution is 5.43. The number of aromatic nitrogens is 1. The van der Waals surface area contributed by atoms with Crippen LogP contribution in [0.25, 0.3) is 0 Å². The van der Waals surface area contributed by atoms with Gasteiger partial charge < -0.3 is 10.2 Å². The first kappa shape index (κ1) is 14.3. The Morgan fingerprint density at radius 2 is 2.05 bits per heavy atom. The van der Waals surface area contributed by atoms with E-state index in [-0.39, 0.29) is 5.82 Å². The number of piperidine rings is 1. The summed E-state index contributed by atoms with van der Waals surface area (Å²) in [5.41, 5.74) is 0.719. The molecule has 0 amide bonds. The molecule has 1 aromatic heterocycles. The van der Waals surface area contributed by atoms with Crippen molar-refractivity contribution in [2.24, 2.45) is 5.92 Å². The molecule has 0 aliphatic carbocycles. The Labute approximate surface area is 115 Å². The van der Waals surface area contributed by atoms with Gasteiger partial charge in [0.15, 0.2) is 11.6 Å². The van der Waals surface area contributed by atoms with Crippen LogP contribution in [0.2, 0.25) is 0 Å². The van der Waals surface area contributed by atoms with Gasteiger partial charge in [-0.15, -0.1) is 0 Å². The Morgan fingerprint density at radius 1 is 1.32 bits per heavy atom. The van der Waals surface area contributed by atoms with Crippen molar-refractivity contribution in [2.75, 3.05) is 24.5 Å². The molecule has 4 heteroatoms. The fraction of sp³-hybridized carbons (Fsp3) is 0.667. The van der Waals surface area contributed by atoms with Crippen LogP contribution in [-0.2, 0) is 6.54 Å². The molecule has 1 saturated heterocycles. The van der Waals surface area contributed by atoms with Gasteiger partial charge in [0, 0.05) is 31.4 Å². The molecule has 0 radical (unpaired) electrons. The number of nitrogens with zero attached hydrogens (tertiary/aromatic N) is 2. The van der Waals surface area contributed by atoms with E-state index in [9.17, 15) is 4.39 Å². The van der Waals surface area contributed by atoms with E-state index in [2.05, 4.69) is 29.0 Å². The molecule has 1 N–H and O–H groups in total. The molecule has 0 aromatic carbocycles. The standard InChI is InChI=1S/C15H24FN3/c1-12(2)10-17-11-13-6-7-18-15(14(13)16)19-8-4-3-5-9-19/h6-7,12,17H,3-5,8-11H2,1-2H3. The van der Waals surface area contributed by atoms with Crippen LogP contribution in [0.4, 0.5) is 10.2 Å². The lowest BCUT2D eigenvalue weighted by Gasteiger charge is -2.28. The third-order valence-electron chi connectivity index (χ3n) is 3.47. The Balaban J connectivity index is 2.04. The number of hydrogen-bond donors (Lipinski definition) is 1. The predicted molar refractivity (Wildman–Crippen MR) is 76.8 cm³/mol. The second-order valence-electron chi connectivity index (χ2n) is 5.68. The van der Waals surface area contributed by atoms with E-state index >= 15 is 0 Å². The number of pyridine rings is 1. The summed E-state index contributed by atoms with van der Waals surface area (Å²) in [6, 6.07) is 1.77. The highest BCUT2D eigenvalue weighted by Crippen LogP contribution is 2.22. The third-order valence-corrected chi connectivity index (χ3v) is 3.47. The second kappa shape index (κ2) is 6.85. The van der Waals surface area contributed by atoms with Gasteiger partial charge in [-0.05, 0) is 37.8 Å². The van der Waals surface area contributed by atoms with Crippen LogP contribution in [-0.4, -0.2) is 24.6 Å². The Morgan fingerprint density at radius 3 is 2.74 bits per heavy atom. The van der Waals surface area contributed by atoms with Crippen LogP contribution < -0.4 is 10.2 Å². The van der Waals surface area contributed by atoms with E-state index in [1.165, 1.54) is 6.42 Å². The maximum absolute atomic E-state index is 14.4. The molecular formula is C15H24FN3. The zero-order valence-electron chi connectivity index (χ0n) is 12.0. The monoisotopic (exact) mass is 265 g/mol.